The Bertz CT molecular complexity index is 347. The molecule has 0 aliphatic rings. The summed E-state index contributed by atoms with van der Waals surface area (Å²) in [6, 6.07) is 8.07. The molecule has 0 saturated heterocycles. The highest BCUT2D eigenvalue weighted by atomic mass is 32.1. The molecule has 4 heteroatoms. The maximum Gasteiger partial charge on any atom is 0.186 e. The van der Waals surface area contributed by atoms with E-state index in [0.29, 0.717) is 5.11 Å². The van der Waals surface area contributed by atoms with Crippen LogP contribution in [0.4, 0.5) is 0 Å². The zero-order valence-electron chi connectivity index (χ0n) is 8.24. The van der Waals surface area contributed by atoms with Crippen molar-refractivity contribution in [1.29, 1.82) is 0 Å². The first kappa shape index (κ1) is 10.7. The van der Waals surface area contributed by atoms with Crippen LogP contribution in [0.5, 0.6) is 0 Å². The summed E-state index contributed by atoms with van der Waals surface area (Å²) >= 11 is 4.86. The summed E-state index contributed by atoms with van der Waals surface area (Å²) in [7, 11) is 1.75. The molecular weight excluding hydrogens is 194 g/mol. The SMILES string of the molecule is CNC(=S)N/N=C\c1cccc(C)c1. The van der Waals surface area contributed by atoms with Crippen molar-refractivity contribution in [1.82, 2.24) is 10.7 Å². The van der Waals surface area contributed by atoms with Crippen LogP contribution in [-0.2, 0) is 0 Å². The number of nitrogens with one attached hydrogen (secondary N) is 2. The Kier molecular flexibility index (Phi) is 4.07. The number of rotatable bonds is 2. The van der Waals surface area contributed by atoms with Gasteiger partial charge >= 0.3 is 0 Å². The first-order valence-corrected chi connectivity index (χ1v) is 4.70. The number of aryl methyl sites for hydroxylation is 1. The monoisotopic (exact) mass is 207 g/mol. The Hall–Kier alpha value is -1.42. The molecule has 0 unspecified atom stereocenters. The Morgan fingerprint density at radius 2 is 2.29 bits per heavy atom. The van der Waals surface area contributed by atoms with Gasteiger partial charge < -0.3 is 5.32 Å². The van der Waals surface area contributed by atoms with Gasteiger partial charge in [0.25, 0.3) is 0 Å². The molecule has 0 atom stereocenters. The zero-order valence-corrected chi connectivity index (χ0v) is 9.06. The van der Waals surface area contributed by atoms with Crippen LogP contribution >= 0.6 is 12.2 Å². The van der Waals surface area contributed by atoms with Gasteiger partial charge in [-0.05, 0) is 24.7 Å². The van der Waals surface area contributed by atoms with Gasteiger partial charge in [-0.2, -0.15) is 5.10 Å². The maximum absolute atomic E-state index is 4.86. The normalized spacial score (nSPS) is 10.1. The highest BCUT2D eigenvalue weighted by molar-refractivity contribution is 7.80. The van der Waals surface area contributed by atoms with E-state index in [1.807, 2.05) is 31.2 Å². The fourth-order valence-electron chi connectivity index (χ4n) is 0.972. The van der Waals surface area contributed by atoms with E-state index in [-0.39, 0.29) is 0 Å². The van der Waals surface area contributed by atoms with Crippen molar-refractivity contribution in [3.8, 4) is 0 Å². The molecule has 0 amide bonds. The molecule has 0 spiro atoms. The third kappa shape index (κ3) is 3.53. The Balaban J connectivity index is 2.56. The molecule has 14 heavy (non-hydrogen) atoms. The standard InChI is InChI=1S/C10H13N3S/c1-8-4-3-5-9(6-8)7-12-13-10(14)11-2/h3-7H,1-2H3,(H2,11,13,14)/b12-7-. The summed E-state index contributed by atoms with van der Waals surface area (Å²) in [5, 5.41) is 7.25. The highest BCUT2D eigenvalue weighted by Gasteiger charge is 1.88. The van der Waals surface area contributed by atoms with E-state index in [9.17, 15) is 0 Å². The van der Waals surface area contributed by atoms with Gasteiger partial charge in [0.15, 0.2) is 5.11 Å². The molecule has 0 saturated carbocycles. The molecule has 3 nitrogen and oxygen atoms in total. The van der Waals surface area contributed by atoms with E-state index in [4.69, 9.17) is 12.2 Å². The fraction of sp³-hybridized carbons (Fsp3) is 0.200. The minimum atomic E-state index is 0.508. The molecule has 0 aromatic heterocycles. The summed E-state index contributed by atoms with van der Waals surface area (Å²) < 4.78 is 0. The van der Waals surface area contributed by atoms with Crippen LogP contribution < -0.4 is 10.7 Å². The molecule has 0 fully saturated rings. The van der Waals surface area contributed by atoms with Gasteiger partial charge in [0.2, 0.25) is 0 Å². The summed E-state index contributed by atoms with van der Waals surface area (Å²) in [5.74, 6) is 0. The quantitative estimate of drug-likeness (QED) is 0.437. The number of hydrogen-bond acceptors (Lipinski definition) is 2. The van der Waals surface area contributed by atoms with Crippen LogP contribution in [0.3, 0.4) is 0 Å². The lowest BCUT2D eigenvalue weighted by atomic mass is 10.2. The second-order valence-corrected chi connectivity index (χ2v) is 3.27. The topological polar surface area (TPSA) is 36.4 Å². The van der Waals surface area contributed by atoms with Gasteiger partial charge in [0, 0.05) is 7.05 Å². The van der Waals surface area contributed by atoms with E-state index >= 15 is 0 Å². The van der Waals surface area contributed by atoms with E-state index in [1.165, 1.54) is 5.56 Å². The molecule has 0 radical (unpaired) electrons. The Morgan fingerprint density at radius 1 is 1.50 bits per heavy atom. The van der Waals surface area contributed by atoms with Crippen molar-refractivity contribution in [2.45, 2.75) is 6.92 Å². The van der Waals surface area contributed by atoms with Crippen LogP contribution in [0, 0.1) is 6.92 Å². The number of hydrazone groups is 1. The predicted octanol–water partition coefficient (Wildman–Crippen LogP) is 1.42. The van der Waals surface area contributed by atoms with Crippen LogP contribution in [0.2, 0.25) is 0 Å². The fourth-order valence-corrected chi connectivity index (χ4v) is 1.02. The van der Waals surface area contributed by atoms with Crippen LogP contribution in [0.25, 0.3) is 0 Å². The maximum atomic E-state index is 4.86. The van der Waals surface area contributed by atoms with E-state index in [0.717, 1.165) is 5.56 Å². The van der Waals surface area contributed by atoms with Gasteiger partial charge in [-0.25, -0.2) is 0 Å². The van der Waals surface area contributed by atoms with Crippen LogP contribution in [0.1, 0.15) is 11.1 Å². The molecular formula is C10H13N3S. The predicted molar refractivity (Wildman–Crippen MR) is 63.6 cm³/mol. The van der Waals surface area contributed by atoms with E-state index in [2.05, 4.69) is 15.8 Å². The molecule has 2 N–H and O–H groups in total. The molecule has 0 bridgehead atoms. The highest BCUT2D eigenvalue weighted by Crippen LogP contribution is 2.00. The van der Waals surface area contributed by atoms with Gasteiger partial charge in [0.05, 0.1) is 6.21 Å². The van der Waals surface area contributed by atoms with Gasteiger partial charge in [-0.15, -0.1) is 0 Å². The number of benzene rings is 1. The summed E-state index contributed by atoms with van der Waals surface area (Å²) in [6.07, 6.45) is 1.73. The molecule has 0 heterocycles. The smallest absolute Gasteiger partial charge is 0.186 e. The lowest BCUT2D eigenvalue weighted by Gasteiger charge is -1.99. The third-order valence-corrected chi connectivity index (χ3v) is 1.94. The summed E-state index contributed by atoms with van der Waals surface area (Å²) in [6.45, 7) is 2.04. The lowest BCUT2D eigenvalue weighted by molar-refractivity contribution is 0.982. The van der Waals surface area contributed by atoms with Crippen molar-refractivity contribution in [2.75, 3.05) is 7.05 Å². The molecule has 1 aromatic carbocycles. The van der Waals surface area contributed by atoms with Gasteiger partial charge in [0.1, 0.15) is 0 Å². The first-order valence-electron chi connectivity index (χ1n) is 4.30. The van der Waals surface area contributed by atoms with Crippen LogP contribution in [-0.4, -0.2) is 18.4 Å². The average Bonchev–Trinajstić information content (AvgIpc) is 2.17. The minimum absolute atomic E-state index is 0.508. The van der Waals surface area contributed by atoms with Crippen molar-refractivity contribution in [3.05, 3.63) is 35.4 Å². The largest absolute Gasteiger partial charge is 0.364 e. The molecule has 1 aromatic rings. The molecule has 0 aliphatic heterocycles. The molecule has 74 valence electrons. The lowest BCUT2D eigenvalue weighted by Crippen LogP contribution is -2.28. The second kappa shape index (κ2) is 5.34. The summed E-state index contributed by atoms with van der Waals surface area (Å²) in [4.78, 5) is 0. The summed E-state index contributed by atoms with van der Waals surface area (Å²) in [5.41, 5.74) is 4.96. The van der Waals surface area contributed by atoms with E-state index < -0.39 is 0 Å². The van der Waals surface area contributed by atoms with Crippen molar-refractivity contribution in [3.63, 3.8) is 0 Å². The number of nitrogens with zero attached hydrogens (tertiary/aromatic N) is 1. The van der Waals surface area contributed by atoms with Gasteiger partial charge in [-0.3, -0.25) is 5.43 Å². The number of hydrogen-bond donors (Lipinski definition) is 2. The van der Waals surface area contributed by atoms with Gasteiger partial charge in [-0.1, -0.05) is 29.8 Å². The minimum Gasteiger partial charge on any atom is -0.364 e. The first-order chi connectivity index (χ1) is 6.72. The molecule has 0 aliphatic carbocycles. The van der Waals surface area contributed by atoms with Crippen molar-refractivity contribution in [2.24, 2.45) is 5.10 Å². The van der Waals surface area contributed by atoms with Crippen molar-refractivity contribution < 1.29 is 0 Å². The molecule has 1 rings (SSSR count). The number of thiocarbonyl (C=S) groups is 1. The zero-order chi connectivity index (χ0) is 10.4. The van der Waals surface area contributed by atoms with Crippen molar-refractivity contribution >= 4 is 23.5 Å². The average molecular weight is 207 g/mol. The third-order valence-electron chi connectivity index (χ3n) is 1.65. The van der Waals surface area contributed by atoms with E-state index in [1.54, 1.807) is 13.3 Å². The second-order valence-electron chi connectivity index (χ2n) is 2.86. The Labute approximate surface area is 89.2 Å². The Morgan fingerprint density at radius 3 is 2.93 bits per heavy atom. The van der Waals surface area contributed by atoms with Crippen LogP contribution in [0.15, 0.2) is 29.4 Å².